The Kier molecular flexibility index (Phi) is 26.0. The van der Waals surface area contributed by atoms with Gasteiger partial charge in [-0.25, -0.2) is 34.9 Å². The van der Waals surface area contributed by atoms with E-state index in [9.17, 15) is 24.0 Å². The van der Waals surface area contributed by atoms with Crippen LogP contribution in [-0.2, 0) is 14.1 Å². The molecular formula is C105H111N25O9. The number of aromatic amines is 1. The minimum Gasteiger partial charge on any atom is -0.493 e. The summed E-state index contributed by atoms with van der Waals surface area (Å²) in [5.74, 6) is 3.89. The molecule has 6 saturated heterocycles. The second-order valence-electron chi connectivity index (χ2n) is 36.3. The second-order valence-corrected chi connectivity index (χ2v) is 36.3. The number of methoxy groups -OCH3 is 4. The summed E-state index contributed by atoms with van der Waals surface area (Å²) < 4.78 is 33.3. The van der Waals surface area contributed by atoms with E-state index in [1.165, 1.54) is 0 Å². The van der Waals surface area contributed by atoms with Gasteiger partial charge in [0.2, 0.25) is 0 Å². The quantitative estimate of drug-likeness (QED) is 0.0589. The van der Waals surface area contributed by atoms with Gasteiger partial charge in [-0.2, -0.15) is 0 Å². The fourth-order valence-electron chi connectivity index (χ4n) is 19.5. The van der Waals surface area contributed by atoms with E-state index in [4.69, 9.17) is 44.6 Å². The van der Waals surface area contributed by atoms with Gasteiger partial charge in [-0.3, -0.25) is 46.0 Å². The first-order valence-electron chi connectivity index (χ1n) is 47.1. The van der Waals surface area contributed by atoms with Gasteiger partial charge in [0.1, 0.15) is 39.5 Å². The number of H-pyrrole nitrogens is 1. The lowest BCUT2D eigenvalue weighted by Gasteiger charge is -2.37. The number of piperazine rings is 3. The molecule has 4 atom stereocenters. The van der Waals surface area contributed by atoms with Crippen LogP contribution in [0.15, 0.2) is 262 Å². The highest BCUT2D eigenvalue weighted by Crippen LogP contribution is 2.37. The molecule has 15 aromatic heterocycles. The zero-order chi connectivity index (χ0) is 95.6. The molecule has 0 unspecified atom stereocenters. The molecule has 24 rings (SSSR count). The van der Waals surface area contributed by atoms with Gasteiger partial charge in [0.25, 0.3) is 27.8 Å². The van der Waals surface area contributed by atoms with Crippen LogP contribution in [0.1, 0.15) is 26.7 Å². The summed E-state index contributed by atoms with van der Waals surface area (Å²) >= 11 is 0. The number of nitrogens with one attached hydrogen (secondary N) is 5. The fraction of sp³-hybridized carbons (Fsp3) is 0.295. The average molecular weight is 1870 g/mol. The highest BCUT2D eigenvalue weighted by atomic mass is 16.5. The Balaban J connectivity index is 0.000000107. The molecule has 139 heavy (non-hydrogen) atoms. The van der Waals surface area contributed by atoms with Gasteiger partial charge in [-0.15, -0.1) is 0 Å². The molecule has 3 aromatic carbocycles. The third-order valence-electron chi connectivity index (χ3n) is 27.0. The summed E-state index contributed by atoms with van der Waals surface area (Å²) in [5, 5.41) is 16.9. The highest BCUT2D eigenvalue weighted by Gasteiger charge is 2.37. The summed E-state index contributed by atoms with van der Waals surface area (Å²) in [5.41, 5.74) is 24.3. The van der Waals surface area contributed by atoms with Crippen LogP contribution in [0.3, 0.4) is 0 Å². The number of piperidine rings is 1. The monoisotopic (exact) mass is 1870 g/mol. The first-order chi connectivity index (χ1) is 67.7. The van der Waals surface area contributed by atoms with E-state index in [1.807, 2.05) is 200 Å². The molecular weight excluding hydrogens is 1760 g/mol. The third-order valence-corrected chi connectivity index (χ3v) is 27.0. The van der Waals surface area contributed by atoms with Crippen molar-refractivity contribution in [2.75, 3.05) is 158 Å². The molecule has 0 bridgehead atoms. The number of nitrogens with two attached hydrogens (primary N) is 1. The maximum absolute atomic E-state index is 12.9. The van der Waals surface area contributed by atoms with E-state index < -0.39 is 0 Å². The Morgan fingerprint density at radius 1 is 0.345 bits per heavy atom. The maximum atomic E-state index is 12.9. The van der Waals surface area contributed by atoms with Crippen molar-refractivity contribution in [3.05, 3.63) is 290 Å². The number of nitrogens with zero attached hydrogens (tertiary/aromatic N) is 19. The third kappa shape index (κ3) is 19.4. The number of anilines is 5. The van der Waals surface area contributed by atoms with Crippen LogP contribution in [0.25, 0.3) is 117 Å². The number of ether oxygens (including phenoxy) is 4. The fourth-order valence-corrected chi connectivity index (χ4v) is 19.5. The van der Waals surface area contributed by atoms with Gasteiger partial charge in [-0.05, 0) is 178 Å². The number of aromatic nitrogens is 15. The smallest absolute Gasteiger partial charge is 0.258 e. The van der Waals surface area contributed by atoms with Gasteiger partial charge < -0.3 is 84.6 Å². The zero-order valence-electron chi connectivity index (χ0n) is 78.9. The predicted molar refractivity (Wildman–Crippen MR) is 547 cm³/mol. The van der Waals surface area contributed by atoms with Crippen molar-refractivity contribution < 1.29 is 18.9 Å². The van der Waals surface area contributed by atoms with Crippen LogP contribution in [-0.4, -0.2) is 222 Å². The van der Waals surface area contributed by atoms with Crippen molar-refractivity contribution in [1.82, 2.24) is 92.3 Å². The van der Waals surface area contributed by atoms with Crippen LogP contribution >= 0.6 is 0 Å². The molecule has 6 aliphatic heterocycles. The molecule has 34 heteroatoms. The van der Waals surface area contributed by atoms with Crippen LogP contribution in [0.2, 0.25) is 0 Å². The highest BCUT2D eigenvalue weighted by molar-refractivity contribution is 5.86. The number of hydrogen-bond acceptors (Lipinski definition) is 26. The van der Waals surface area contributed by atoms with E-state index in [2.05, 4.69) is 97.7 Å². The lowest BCUT2D eigenvalue weighted by molar-refractivity contribution is 0.355. The van der Waals surface area contributed by atoms with Gasteiger partial charge in [-0.1, -0.05) is 6.07 Å². The summed E-state index contributed by atoms with van der Waals surface area (Å²) in [7, 11) is 10.3. The topological polar surface area (TPSA) is 351 Å². The Morgan fingerprint density at radius 3 is 1.06 bits per heavy atom. The lowest BCUT2D eigenvalue weighted by Crippen LogP contribution is -2.54. The molecule has 6 fully saturated rings. The number of pyridine rings is 7. The molecule has 7 N–H and O–H groups in total. The number of fused-ring (bicyclic) bond motifs is 9. The first kappa shape index (κ1) is 91.2. The molecule has 0 spiro atoms. The van der Waals surface area contributed by atoms with E-state index in [1.54, 1.807) is 93.2 Å². The van der Waals surface area contributed by atoms with Crippen molar-refractivity contribution in [2.24, 2.45) is 31.7 Å². The van der Waals surface area contributed by atoms with Crippen molar-refractivity contribution >= 4 is 89.6 Å². The molecule has 6 aliphatic rings. The van der Waals surface area contributed by atoms with E-state index in [0.717, 1.165) is 207 Å². The predicted octanol–water partition coefficient (Wildman–Crippen LogP) is 10.7. The summed E-state index contributed by atoms with van der Waals surface area (Å²) in [6, 6.07) is 56.0. The minimum absolute atomic E-state index is 0.0591. The second kappa shape index (κ2) is 39.6. The van der Waals surface area contributed by atoms with Crippen LogP contribution in [0, 0.1) is 11.8 Å². The summed E-state index contributed by atoms with van der Waals surface area (Å²) in [6.45, 7) is 19.9. The normalized spacial score (nSPS) is 17.2. The number of aryl methyl sites for hydroxylation is 2. The molecule has 710 valence electrons. The first-order valence-corrected chi connectivity index (χ1v) is 47.1. The summed E-state index contributed by atoms with van der Waals surface area (Å²) in [6.07, 6.45) is 20.8. The molecule has 21 heterocycles. The zero-order valence-corrected chi connectivity index (χ0v) is 78.9. The number of hydrogen-bond donors (Lipinski definition) is 6. The van der Waals surface area contributed by atoms with E-state index >= 15 is 0 Å². The Bertz CT molecular complexity index is 7940. The van der Waals surface area contributed by atoms with E-state index in [0.29, 0.717) is 104 Å². The van der Waals surface area contributed by atoms with Gasteiger partial charge in [0, 0.05) is 279 Å². The average Bonchev–Trinajstić information content (AvgIpc) is 1.79. The molecule has 34 nitrogen and oxygen atoms in total. The Morgan fingerprint density at radius 2 is 0.683 bits per heavy atom. The standard InChI is InChI=1S/C22H24N6O.C22H24N4O3.C21H24N4O3.C20H20N6O.C20H19N5O/c1-14-11-27(12-15(2)24-14)18-4-5-20-25-19(9-21(29)28(20)13-18)17-8-16-6-7-26(3)22(16)23-10-17;1-28-19-5-3-14(7-20(19)29-2)18-8-22(27)26-13-17(4-6-21(26)24-18)25-11-15-9-23-10-16(15)12-25;1-27-18-5-3-14(11-19(18)28-2)17-12-21(26)25-13-16(4-6-20(25)23-17)24-9-7-15(22)8-10-24;1-24-7-4-14-10-15(12-22-20(14)24)17-11-19(27)26-13-16(2-3-18(26)23-17)25-8-5-21-6-9-25;26-20-12-18(14-1-3-17-15(11-14)5-6-22-17)23-19-4-2-16(13-25(19)20)24-9-7-21-8-10-24/h4-10,13-15,24H,11-12H2,1-3H3;3-8,13,15-16,23H,9-12H2,1-2H3;3-6,11-13,15H,7-10,22H2,1-2H3;2-4,7,10-13,21H,5-6,8-9H2,1H3;1-6,11-13,21-22H,7-10H2/t14-,15+;15-,16+;;;. The largest absolute Gasteiger partial charge is 0.493 e. The summed E-state index contributed by atoms with van der Waals surface area (Å²) in [4.78, 5) is 111. The van der Waals surface area contributed by atoms with Crippen LogP contribution in [0.4, 0.5) is 28.4 Å². The van der Waals surface area contributed by atoms with Crippen molar-refractivity contribution in [3.8, 4) is 79.3 Å². The van der Waals surface area contributed by atoms with Crippen molar-refractivity contribution in [3.63, 3.8) is 0 Å². The van der Waals surface area contributed by atoms with Crippen molar-refractivity contribution in [2.45, 2.75) is 44.8 Å². The van der Waals surface area contributed by atoms with Crippen molar-refractivity contribution in [1.29, 1.82) is 0 Å². The van der Waals surface area contributed by atoms with Crippen LogP contribution in [0.5, 0.6) is 23.0 Å². The van der Waals surface area contributed by atoms with Crippen LogP contribution < -0.4 is 98.2 Å². The van der Waals surface area contributed by atoms with Gasteiger partial charge >= 0.3 is 0 Å². The van der Waals surface area contributed by atoms with Gasteiger partial charge in [0.05, 0.1) is 85.3 Å². The SMILES string of the molecule is COc1ccc(-c2cc(=O)n3cc(N4CCC(N)CC4)ccc3n2)cc1OC.COc1ccc(-c2cc(=O)n3cc(N4C[C@H]5CNC[C@H]5C4)ccc3n2)cc1OC.C[C@@H]1CN(c2ccc3nc(-c4cnc5c(ccn5C)c4)cc(=O)n3c2)C[C@H](C)N1.Cn1ccc2cc(-c3cc(=O)n4cc(N5CCNCC5)ccc4n3)cnc21.O=c1cc(-c2ccc3[nH]ccc3c2)nc2ccc(N3CCNCC3)cn12. The lowest BCUT2D eigenvalue weighted by atomic mass is 10.0. The van der Waals surface area contributed by atoms with Gasteiger partial charge in [0.15, 0.2) is 23.0 Å². The molecule has 0 amide bonds. The number of benzene rings is 3. The maximum Gasteiger partial charge on any atom is 0.258 e. The molecule has 18 aromatic rings. The molecule has 0 saturated carbocycles. The van der Waals surface area contributed by atoms with E-state index in [-0.39, 0.29) is 33.8 Å². The minimum atomic E-state index is -0.120. The Hall–Kier alpha value is -15.6. The Labute approximate surface area is 799 Å². The molecule has 0 aliphatic carbocycles. The number of rotatable bonds is 14. The molecule has 0 radical (unpaired) electrons.